The highest BCUT2D eigenvalue weighted by Crippen LogP contribution is 2.61. The standard InChI is InChI=1S/C28H32F6N4O4S/c1-42-20-14-43(26(27(41)7-3-2-4-8-27)23-16(28(32,33)34)6-5-9-35-23)21(13-39)25(40)24(20)38-12-19(36-37-38)15-10-17(29)22(31)18(30)11-15/h5-6,9-12,20-21,24-26,39-41,43H,2-4,7-8,13-14H2,1H3/t20-,21+,24+,25-,26+/m0/s1. The van der Waals surface area contributed by atoms with Gasteiger partial charge in [-0.05, 0) is 37.1 Å². The van der Waals surface area contributed by atoms with Crippen LogP contribution in [-0.2, 0) is 10.9 Å². The van der Waals surface area contributed by atoms with Crippen LogP contribution in [0.1, 0.15) is 54.7 Å². The lowest BCUT2D eigenvalue weighted by molar-refractivity contribution is -0.139. The molecule has 6 atom stereocenters. The van der Waals surface area contributed by atoms with Gasteiger partial charge in [0.2, 0.25) is 0 Å². The summed E-state index contributed by atoms with van der Waals surface area (Å²) in [7, 11) is -0.447. The summed E-state index contributed by atoms with van der Waals surface area (Å²) in [6.07, 6.45) is -2.07. The molecule has 1 aromatic carbocycles. The van der Waals surface area contributed by atoms with E-state index in [0.717, 1.165) is 24.6 Å². The highest BCUT2D eigenvalue weighted by Gasteiger charge is 2.53. The van der Waals surface area contributed by atoms with Gasteiger partial charge in [0.05, 0.1) is 47.1 Å². The molecule has 3 aromatic rings. The van der Waals surface area contributed by atoms with Crippen molar-refractivity contribution >= 4 is 10.9 Å². The Labute approximate surface area is 246 Å². The molecule has 1 aliphatic carbocycles. The van der Waals surface area contributed by atoms with Crippen LogP contribution < -0.4 is 0 Å². The third-order valence-electron chi connectivity index (χ3n) is 8.49. The van der Waals surface area contributed by atoms with E-state index in [1.54, 1.807) is 0 Å². The van der Waals surface area contributed by atoms with E-state index in [2.05, 4.69) is 15.3 Å². The summed E-state index contributed by atoms with van der Waals surface area (Å²) in [5, 5.41) is 40.0. The maximum atomic E-state index is 14.2. The molecule has 0 bridgehead atoms. The van der Waals surface area contributed by atoms with Crippen LogP contribution in [0, 0.1) is 17.5 Å². The molecule has 8 nitrogen and oxygen atoms in total. The lowest BCUT2D eigenvalue weighted by atomic mass is 9.80. The van der Waals surface area contributed by atoms with Gasteiger partial charge in [0.15, 0.2) is 17.5 Å². The first-order chi connectivity index (χ1) is 20.4. The summed E-state index contributed by atoms with van der Waals surface area (Å²) >= 11 is 0. The minimum atomic E-state index is -4.76. The zero-order valence-electron chi connectivity index (χ0n) is 23.1. The lowest BCUT2D eigenvalue weighted by Gasteiger charge is -2.53. The van der Waals surface area contributed by atoms with Crippen LogP contribution in [-0.4, -0.2) is 77.8 Å². The molecule has 2 aliphatic rings. The minimum absolute atomic E-state index is 0.0362. The van der Waals surface area contributed by atoms with Crippen molar-refractivity contribution in [1.82, 2.24) is 20.0 Å². The second-order valence-corrected chi connectivity index (χ2v) is 13.6. The first-order valence-electron chi connectivity index (χ1n) is 13.8. The van der Waals surface area contributed by atoms with Crippen LogP contribution in [0.5, 0.6) is 0 Å². The molecule has 43 heavy (non-hydrogen) atoms. The molecule has 2 fully saturated rings. The number of rotatable bonds is 7. The molecule has 0 spiro atoms. The summed E-state index contributed by atoms with van der Waals surface area (Å²) in [4.78, 5) is 4.14. The van der Waals surface area contributed by atoms with Gasteiger partial charge in [-0.3, -0.25) is 4.98 Å². The largest absolute Gasteiger partial charge is 0.418 e. The van der Waals surface area contributed by atoms with Crippen molar-refractivity contribution in [2.45, 2.75) is 72.6 Å². The zero-order valence-corrected chi connectivity index (χ0v) is 23.9. The molecule has 236 valence electrons. The number of aromatic nitrogens is 4. The summed E-state index contributed by atoms with van der Waals surface area (Å²) in [5.41, 5.74) is -3.02. The number of pyridine rings is 1. The van der Waals surface area contributed by atoms with Gasteiger partial charge >= 0.3 is 6.18 Å². The molecule has 0 amide bonds. The van der Waals surface area contributed by atoms with Gasteiger partial charge in [0.25, 0.3) is 0 Å². The number of ether oxygens (including phenoxy) is 1. The van der Waals surface area contributed by atoms with E-state index in [-0.39, 0.29) is 35.5 Å². The van der Waals surface area contributed by atoms with Crippen molar-refractivity contribution in [3.8, 4) is 11.3 Å². The Morgan fingerprint density at radius 2 is 1.81 bits per heavy atom. The van der Waals surface area contributed by atoms with Crippen molar-refractivity contribution in [1.29, 1.82) is 0 Å². The van der Waals surface area contributed by atoms with E-state index >= 15 is 0 Å². The van der Waals surface area contributed by atoms with E-state index in [4.69, 9.17) is 4.74 Å². The summed E-state index contributed by atoms with van der Waals surface area (Å²) in [5.74, 6) is -4.44. The molecule has 1 saturated carbocycles. The van der Waals surface area contributed by atoms with Gasteiger partial charge in [-0.25, -0.2) is 28.7 Å². The molecule has 0 radical (unpaired) electrons. The van der Waals surface area contributed by atoms with Crippen LogP contribution in [0.4, 0.5) is 26.3 Å². The fraction of sp³-hybridized carbons (Fsp3) is 0.536. The molecule has 1 aliphatic heterocycles. The Bertz CT molecular complexity index is 1410. The highest BCUT2D eigenvalue weighted by molar-refractivity contribution is 8.18. The van der Waals surface area contributed by atoms with Crippen molar-refractivity contribution in [2.75, 3.05) is 19.5 Å². The predicted molar refractivity (Wildman–Crippen MR) is 146 cm³/mol. The van der Waals surface area contributed by atoms with E-state index in [9.17, 15) is 41.7 Å². The molecule has 1 saturated heterocycles. The molecule has 5 rings (SSSR count). The number of halogens is 6. The Kier molecular flexibility index (Phi) is 9.10. The van der Waals surface area contributed by atoms with Gasteiger partial charge in [0, 0.05) is 29.9 Å². The molecule has 1 unspecified atom stereocenters. The third-order valence-corrected chi connectivity index (χ3v) is 12.0. The third kappa shape index (κ3) is 6.01. The number of thiol groups is 1. The average Bonchev–Trinajstić information content (AvgIpc) is 3.45. The van der Waals surface area contributed by atoms with E-state index in [0.29, 0.717) is 12.8 Å². The number of hydrogen-bond acceptors (Lipinski definition) is 7. The molecule has 3 N–H and O–H groups in total. The van der Waals surface area contributed by atoms with Gasteiger partial charge in [0.1, 0.15) is 11.7 Å². The number of methoxy groups -OCH3 is 1. The van der Waals surface area contributed by atoms with E-state index < -0.39 is 81.0 Å². The molecular weight excluding hydrogens is 602 g/mol. The smallest absolute Gasteiger partial charge is 0.395 e. The number of alkyl halides is 3. The number of hydrogen-bond donors (Lipinski definition) is 4. The van der Waals surface area contributed by atoms with Crippen molar-refractivity contribution in [3.05, 3.63) is 65.4 Å². The van der Waals surface area contributed by atoms with Crippen molar-refractivity contribution in [3.63, 3.8) is 0 Å². The number of nitrogens with zero attached hydrogens (tertiary/aromatic N) is 4. The van der Waals surface area contributed by atoms with Crippen LogP contribution in [0.2, 0.25) is 0 Å². The normalized spacial score (nSPS) is 27.6. The summed E-state index contributed by atoms with van der Waals surface area (Å²) in [6.45, 7) is -0.615. The maximum absolute atomic E-state index is 14.2. The Balaban J connectivity index is 1.56. The monoisotopic (exact) mass is 634 g/mol. The van der Waals surface area contributed by atoms with Gasteiger partial charge in [-0.15, -0.1) is 5.10 Å². The van der Waals surface area contributed by atoms with Gasteiger partial charge < -0.3 is 20.1 Å². The second-order valence-electron chi connectivity index (χ2n) is 11.0. The van der Waals surface area contributed by atoms with E-state index in [1.165, 1.54) is 30.3 Å². The molecule has 2 aromatic heterocycles. The Morgan fingerprint density at radius 3 is 2.42 bits per heavy atom. The predicted octanol–water partition coefficient (Wildman–Crippen LogP) is 4.51. The second kappa shape index (κ2) is 12.3. The quantitative estimate of drug-likeness (QED) is 0.172. The van der Waals surface area contributed by atoms with Crippen molar-refractivity contribution < 1.29 is 46.4 Å². The fourth-order valence-electron chi connectivity index (χ4n) is 6.44. The Morgan fingerprint density at radius 1 is 1.14 bits per heavy atom. The topological polar surface area (TPSA) is 114 Å². The van der Waals surface area contributed by atoms with Crippen molar-refractivity contribution in [2.24, 2.45) is 0 Å². The first-order valence-corrected chi connectivity index (χ1v) is 15.4. The Hall–Kier alpha value is -2.72. The number of aliphatic hydroxyl groups excluding tert-OH is 2. The molecule has 3 heterocycles. The first kappa shape index (κ1) is 31.7. The van der Waals surface area contributed by atoms with Gasteiger partial charge in [-0.1, -0.05) is 24.5 Å². The van der Waals surface area contributed by atoms with Crippen LogP contribution >= 0.6 is 10.9 Å². The fourth-order valence-corrected chi connectivity index (χ4v) is 10.3. The SMILES string of the molecule is CO[C@H]1C[SH]([C@H](c2ncccc2C(F)(F)F)C2(O)CCCCC2)[C@H](CO)[C@H](O)[C@@H]1n1cc(-c2cc(F)c(F)c(F)c2)nn1. The maximum Gasteiger partial charge on any atom is 0.418 e. The summed E-state index contributed by atoms with van der Waals surface area (Å²) in [6, 6.07) is 2.57. The number of aliphatic hydroxyl groups is 3. The zero-order chi connectivity index (χ0) is 31.1. The molecule has 15 heteroatoms. The highest BCUT2D eigenvalue weighted by atomic mass is 32.2. The van der Waals surface area contributed by atoms with Crippen LogP contribution in [0.15, 0.2) is 36.7 Å². The minimum Gasteiger partial charge on any atom is -0.395 e. The van der Waals surface area contributed by atoms with Crippen LogP contribution in [0.3, 0.4) is 0 Å². The van der Waals surface area contributed by atoms with Gasteiger partial charge in [-0.2, -0.15) is 13.2 Å². The van der Waals surface area contributed by atoms with E-state index in [1.807, 2.05) is 0 Å². The lowest BCUT2D eigenvalue weighted by Crippen LogP contribution is -2.53. The number of benzene rings is 1. The average molecular weight is 635 g/mol. The summed E-state index contributed by atoms with van der Waals surface area (Å²) < 4.78 is 90.8. The molecular formula is C28H32F6N4O4S. The van der Waals surface area contributed by atoms with Crippen LogP contribution in [0.25, 0.3) is 11.3 Å².